The molecule has 1 unspecified atom stereocenters. The van der Waals surface area contributed by atoms with Gasteiger partial charge < -0.3 is 10.1 Å². The van der Waals surface area contributed by atoms with Crippen LogP contribution in [0, 0.1) is 6.92 Å². The summed E-state index contributed by atoms with van der Waals surface area (Å²) in [6.45, 7) is 5.13. The maximum Gasteiger partial charge on any atom is 0.133 e. The first-order chi connectivity index (χ1) is 9.60. The van der Waals surface area contributed by atoms with Crippen molar-refractivity contribution in [3.05, 3.63) is 44.3 Å². The summed E-state index contributed by atoms with van der Waals surface area (Å²) >= 11 is 5.25. The summed E-state index contributed by atoms with van der Waals surface area (Å²) in [5.41, 5.74) is 2.35. The number of aromatic nitrogens is 1. The second kappa shape index (κ2) is 7.20. The highest BCUT2D eigenvalue weighted by atomic mass is 79.9. The van der Waals surface area contributed by atoms with Crippen molar-refractivity contribution < 1.29 is 4.74 Å². The molecule has 0 fully saturated rings. The van der Waals surface area contributed by atoms with Crippen LogP contribution >= 0.6 is 27.3 Å². The fourth-order valence-corrected chi connectivity index (χ4v) is 3.32. The van der Waals surface area contributed by atoms with Crippen LogP contribution in [0.3, 0.4) is 0 Å². The van der Waals surface area contributed by atoms with Crippen LogP contribution in [0.4, 0.5) is 0 Å². The van der Waals surface area contributed by atoms with Crippen LogP contribution in [0.15, 0.2) is 28.1 Å². The third-order valence-electron chi connectivity index (χ3n) is 3.13. The van der Waals surface area contributed by atoms with Gasteiger partial charge in [0.1, 0.15) is 5.75 Å². The van der Waals surface area contributed by atoms with Gasteiger partial charge in [0.05, 0.1) is 16.6 Å². The number of methoxy groups -OCH3 is 1. The Kier molecular flexibility index (Phi) is 5.57. The van der Waals surface area contributed by atoms with E-state index in [1.807, 2.05) is 13.0 Å². The minimum Gasteiger partial charge on any atom is -0.496 e. The molecule has 0 amide bonds. The maximum atomic E-state index is 5.25. The molecule has 3 nitrogen and oxygen atoms in total. The van der Waals surface area contributed by atoms with Gasteiger partial charge in [0, 0.05) is 30.1 Å². The third kappa shape index (κ3) is 4.04. The highest BCUT2D eigenvalue weighted by Gasteiger charge is 2.08. The van der Waals surface area contributed by atoms with Gasteiger partial charge in [-0.2, -0.15) is 0 Å². The number of hydrogen-bond donors (Lipinski definition) is 1. The Bertz CT molecular complexity index is 571. The lowest BCUT2D eigenvalue weighted by molar-refractivity contribution is 0.411. The van der Waals surface area contributed by atoms with Crippen molar-refractivity contribution in [3.8, 4) is 5.75 Å². The van der Waals surface area contributed by atoms with Crippen LogP contribution in [0.5, 0.6) is 5.75 Å². The molecule has 5 heteroatoms. The summed E-state index contributed by atoms with van der Waals surface area (Å²) < 4.78 is 6.23. The van der Waals surface area contributed by atoms with Crippen LogP contribution in [0.2, 0.25) is 0 Å². The first-order valence-electron chi connectivity index (χ1n) is 6.58. The zero-order chi connectivity index (χ0) is 14.5. The molecule has 2 aromatic rings. The molecule has 0 spiro atoms. The van der Waals surface area contributed by atoms with Crippen LogP contribution < -0.4 is 10.1 Å². The number of ether oxygens (including phenoxy) is 1. The van der Waals surface area contributed by atoms with Crippen LogP contribution in [-0.4, -0.2) is 18.6 Å². The number of halogens is 1. The van der Waals surface area contributed by atoms with Gasteiger partial charge in [-0.3, -0.25) is 0 Å². The van der Waals surface area contributed by atoms with E-state index in [0.29, 0.717) is 6.04 Å². The number of rotatable bonds is 6. The van der Waals surface area contributed by atoms with Gasteiger partial charge in [-0.15, -0.1) is 11.3 Å². The van der Waals surface area contributed by atoms with E-state index in [-0.39, 0.29) is 0 Å². The normalized spacial score (nSPS) is 12.4. The average molecular weight is 355 g/mol. The third-order valence-corrected chi connectivity index (χ3v) is 4.78. The zero-order valence-corrected chi connectivity index (χ0v) is 14.3. The second-order valence-electron chi connectivity index (χ2n) is 4.70. The molecule has 0 saturated heterocycles. The van der Waals surface area contributed by atoms with Crippen LogP contribution in [0.1, 0.15) is 29.2 Å². The maximum absolute atomic E-state index is 5.25. The van der Waals surface area contributed by atoms with Crippen molar-refractivity contribution >= 4 is 27.3 Å². The highest BCUT2D eigenvalue weighted by molar-refractivity contribution is 9.10. The van der Waals surface area contributed by atoms with Crippen LogP contribution in [-0.2, 0) is 6.42 Å². The Morgan fingerprint density at radius 3 is 2.85 bits per heavy atom. The van der Waals surface area contributed by atoms with Gasteiger partial charge >= 0.3 is 0 Å². The molecular weight excluding hydrogens is 336 g/mol. The van der Waals surface area contributed by atoms with Gasteiger partial charge in [-0.05, 0) is 47.5 Å². The number of benzene rings is 1. The predicted octanol–water partition coefficient (Wildman–Crippen LogP) is 4.12. The van der Waals surface area contributed by atoms with Crippen molar-refractivity contribution in [2.75, 3.05) is 13.7 Å². The largest absolute Gasteiger partial charge is 0.496 e. The van der Waals surface area contributed by atoms with Crippen molar-refractivity contribution in [1.29, 1.82) is 0 Å². The molecule has 108 valence electrons. The molecular formula is C15H19BrN2OS. The molecule has 0 aliphatic rings. The first-order valence-corrected chi connectivity index (χ1v) is 8.25. The van der Waals surface area contributed by atoms with E-state index in [1.165, 1.54) is 10.6 Å². The number of thiazole rings is 1. The standard InChI is InChI=1S/C15H19BrN2OS/c1-10-9-20-15(18-10)6-7-17-11(2)12-4-5-14(19-3)13(16)8-12/h4-5,8-9,11,17H,6-7H2,1-3H3. The van der Waals surface area contributed by atoms with Crippen molar-refractivity contribution in [3.63, 3.8) is 0 Å². The lowest BCUT2D eigenvalue weighted by atomic mass is 10.1. The Morgan fingerprint density at radius 1 is 1.45 bits per heavy atom. The second-order valence-corrected chi connectivity index (χ2v) is 6.50. The minimum atomic E-state index is 0.304. The van der Waals surface area contributed by atoms with Crippen molar-refractivity contribution in [1.82, 2.24) is 10.3 Å². The van der Waals surface area contributed by atoms with E-state index < -0.39 is 0 Å². The highest BCUT2D eigenvalue weighted by Crippen LogP contribution is 2.27. The predicted molar refractivity (Wildman–Crippen MR) is 87.7 cm³/mol. The zero-order valence-electron chi connectivity index (χ0n) is 11.9. The van der Waals surface area contributed by atoms with E-state index in [9.17, 15) is 0 Å². The number of nitrogens with zero attached hydrogens (tertiary/aromatic N) is 1. The van der Waals surface area contributed by atoms with Gasteiger partial charge in [0.15, 0.2) is 0 Å². The summed E-state index contributed by atoms with van der Waals surface area (Å²) in [6, 6.07) is 6.49. The summed E-state index contributed by atoms with van der Waals surface area (Å²) in [5, 5.41) is 6.82. The summed E-state index contributed by atoms with van der Waals surface area (Å²) in [7, 11) is 1.68. The molecule has 1 atom stereocenters. The van der Waals surface area contributed by atoms with Gasteiger partial charge in [0.25, 0.3) is 0 Å². The number of hydrogen-bond acceptors (Lipinski definition) is 4. The molecule has 0 saturated carbocycles. The topological polar surface area (TPSA) is 34.1 Å². The van der Waals surface area contributed by atoms with E-state index in [0.717, 1.165) is 28.9 Å². The Morgan fingerprint density at radius 2 is 2.25 bits per heavy atom. The monoisotopic (exact) mass is 354 g/mol. The fraction of sp³-hybridized carbons (Fsp3) is 0.400. The SMILES string of the molecule is COc1ccc(C(C)NCCc2nc(C)cs2)cc1Br. The molecule has 0 aliphatic carbocycles. The molecule has 1 heterocycles. The molecule has 1 aromatic heterocycles. The number of aryl methyl sites for hydroxylation is 1. The first kappa shape index (κ1) is 15.5. The molecule has 1 N–H and O–H groups in total. The van der Waals surface area contributed by atoms with Crippen molar-refractivity contribution in [2.24, 2.45) is 0 Å². The lowest BCUT2D eigenvalue weighted by Gasteiger charge is -2.15. The molecule has 0 aliphatic heterocycles. The average Bonchev–Trinajstić information content (AvgIpc) is 2.84. The van der Waals surface area contributed by atoms with E-state index in [2.05, 4.69) is 50.7 Å². The van der Waals surface area contributed by atoms with Crippen molar-refractivity contribution in [2.45, 2.75) is 26.3 Å². The summed E-state index contributed by atoms with van der Waals surface area (Å²) in [5.74, 6) is 0.860. The Labute approximate surface area is 132 Å². The quantitative estimate of drug-likeness (QED) is 0.847. The van der Waals surface area contributed by atoms with E-state index in [4.69, 9.17) is 4.74 Å². The van der Waals surface area contributed by atoms with Gasteiger partial charge in [-0.1, -0.05) is 6.07 Å². The molecule has 2 rings (SSSR count). The fourth-order valence-electron chi connectivity index (χ4n) is 1.98. The summed E-state index contributed by atoms with van der Waals surface area (Å²) in [4.78, 5) is 4.47. The summed E-state index contributed by atoms with van der Waals surface area (Å²) in [6.07, 6.45) is 0.972. The van der Waals surface area contributed by atoms with Crippen LogP contribution in [0.25, 0.3) is 0 Å². The van der Waals surface area contributed by atoms with E-state index in [1.54, 1.807) is 18.4 Å². The Balaban J connectivity index is 1.88. The van der Waals surface area contributed by atoms with E-state index >= 15 is 0 Å². The lowest BCUT2D eigenvalue weighted by Crippen LogP contribution is -2.21. The Hall–Kier alpha value is -0.910. The smallest absolute Gasteiger partial charge is 0.133 e. The molecule has 0 bridgehead atoms. The van der Waals surface area contributed by atoms with Gasteiger partial charge in [0.2, 0.25) is 0 Å². The number of nitrogens with one attached hydrogen (secondary N) is 1. The van der Waals surface area contributed by atoms with Gasteiger partial charge in [-0.25, -0.2) is 4.98 Å². The molecule has 20 heavy (non-hydrogen) atoms. The molecule has 0 radical (unpaired) electrons. The minimum absolute atomic E-state index is 0.304. The molecule has 1 aromatic carbocycles.